The van der Waals surface area contributed by atoms with Crippen LogP contribution in [0.25, 0.3) is 0 Å². The van der Waals surface area contributed by atoms with E-state index in [2.05, 4.69) is 5.32 Å². The molecule has 0 saturated heterocycles. The molecule has 1 aliphatic heterocycles. The van der Waals surface area contributed by atoms with Gasteiger partial charge in [0.15, 0.2) is 0 Å². The van der Waals surface area contributed by atoms with E-state index >= 15 is 0 Å². The summed E-state index contributed by atoms with van der Waals surface area (Å²) in [6.07, 6.45) is 0.727. The average Bonchev–Trinajstić information content (AvgIpc) is 2.55. The number of nitrogens with two attached hydrogens (primary N) is 1. The van der Waals surface area contributed by atoms with Gasteiger partial charge in [0.2, 0.25) is 0 Å². The van der Waals surface area contributed by atoms with Crippen LogP contribution >= 0.6 is 0 Å². The maximum atomic E-state index is 13.6. The van der Waals surface area contributed by atoms with Gasteiger partial charge < -0.3 is 15.8 Å². The normalized spacial score (nSPS) is 16.0. The molecule has 0 fully saturated rings. The molecular formula is C17H14FN3O2. The van der Waals surface area contributed by atoms with Crippen molar-refractivity contribution in [3.63, 3.8) is 0 Å². The lowest BCUT2D eigenvalue weighted by Gasteiger charge is -2.23. The van der Waals surface area contributed by atoms with Crippen LogP contribution in [-0.2, 0) is 6.42 Å². The van der Waals surface area contributed by atoms with Gasteiger partial charge in [-0.3, -0.25) is 4.79 Å². The summed E-state index contributed by atoms with van der Waals surface area (Å²) < 4.78 is 19.1. The molecule has 0 saturated carbocycles. The van der Waals surface area contributed by atoms with Crippen LogP contribution in [0, 0.1) is 17.1 Å². The number of ether oxygens (including phenoxy) is 1. The van der Waals surface area contributed by atoms with Gasteiger partial charge in [-0.25, -0.2) is 4.39 Å². The highest BCUT2D eigenvalue weighted by atomic mass is 19.1. The van der Waals surface area contributed by atoms with Crippen LogP contribution in [0.3, 0.4) is 0 Å². The van der Waals surface area contributed by atoms with Crippen LogP contribution in [-0.4, -0.2) is 18.6 Å². The molecular weight excluding hydrogens is 297 g/mol. The molecule has 2 aromatic rings. The van der Waals surface area contributed by atoms with Crippen LogP contribution in [0.2, 0.25) is 0 Å². The Balaban J connectivity index is 1.78. The summed E-state index contributed by atoms with van der Waals surface area (Å²) in [4.78, 5) is 12.2. The molecule has 1 atom stereocenters. The summed E-state index contributed by atoms with van der Waals surface area (Å²) >= 11 is 0. The van der Waals surface area contributed by atoms with Crippen molar-refractivity contribution in [1.82, 2.24) is 0 Å². The molecule has 1 heterocycles. The van der Waals surface area contributed by atoms with Crippen molar-refractivity contribution in [3.8, 4) is 11.8 Å². The van der Waals surface area contributed by atoms with Gasteiger partial charge in [-0.05, 0) is 36.2 Å². The summed E-state index contributed by atoms with van der Waals surface area (Å²) in [7, 11) is 0. The zero-order valence-electron chi connectivity index (χ0n) is 12.2. The van der Waals surface area contributed by atoms with Gasteiger partial charge in [0.25, 0.3) is 5.91 Å². The quantitative estimate of drug-likeness (QED) is 0.890. The Morgan fingerprint density at radius 2 is 2.17 bits per heavy atom. The summed E-state index contributed by atoms with van der Waals surface area (Å²) in [5.41, 5.74) is 7.41. The Bertz CT molecular complexity index is 814. The highest BCUT2D eigenvalue weighted by Crippen LogP contribution is 2.28. The molecule has 0 spiro atoms. The number of anilines is 1. The van der Waals surface area contributed by atoms with Crippen LogP contribution in [0.15, 0.2) is 36.4 Å². The van der Waals surface area contributed by atoms with E-state index in [-0.39, 0.29) is 17.2 Å². The molecule has 3 N–H and O–H groups in total. The first kappa shape index (κ1) is 15.0. The standard InChI is InChI=1S/C17H14FN3O2/c18-15-6-11(1-2-12(15)8-19)17(22)21-14-4-3-10-5-13(20)9-23-16(10)7-14/h1-4,6-7,13H,5,9,20H2,(H,21,22)/t13-/m1/s1. The zero-order chi connectivity index (χ0) is 16.4. The number of hydrogen-bond donors (Lipinski definition) is 2. The fraction of sp³-hybridized carbons (Fsp3) is 0.176. The number of carbonyl (C=O) groups is 1. The number of halogens is 1. The highest BCUT2D eigenvalue weighted by Gasteiger charge is 2.17. The predicted molar refractivity (Wildman–Crippen MR) is 82.7 cm³/mol. The third-order valence-electron chi connectivity index (χ3n) is 3.61. The number of rotatable bonds is 2. The van der Waals surface area contributed by atoms with Crippen molar-refractivity contribution < 1.29 is 13.9 Å². The monoisotopic (exact) mass is 311 g/mol. The summed E-state index contributed by atoms with van der Waals surface area (Å²) in [5, 5.41) is 11.4. The van der Waals surface area contributed by atoms with Crippen molar-refractivity contribution in [2.75, 3.05) is 11.9 Å². The van der Waals surface area contributed by atoms with Gasteiger partial charge in [0.1, 0.15) is 24.2 Å². The Morgan fingerprint density at radius 3 is 2.91 bits per heavy atom. The number of hydrogen-bond acceptors (Lipinski definition) is 4. The fourth-order valence-corrected chi connectivity index (χ4v) is 2.42. The molecule has 0 bridgehead atoms. The molecule has 1 amide bonds. The van der Waals surface area contributed by atoms with Crippen molar-refractivity contribution in [2.24, 2.45) is 5.73 Å². The lowest BCUT2D eigenvalue weighted by atomic mass is 10.0. The Kier molecular flexibility index (Phi) is 3.96. The lowest BCUT2D eigenvalue weighted by molar-refractivity contribution is 0.102. The fourth-order valence-electron chi connectivity index (χ4n) is 2.42. The number of amides is 1. The second-order valence-corrected chi connectivity index (χ2v) is 5.36. The zero-order valence-corrected chi connectivity index (χ0v) is 12.2. The molecule has 116 valence electrons. The lowest BCUT2D eigenvalue weighted by Crippen LogP contribution is -2.33. The summed E-state index contributed by atoms with van der Waals surface area (Å²) in [6.45, 7) is 0.436. The van der Waals surface area contributed by atoms with Crippen LogP contribution < -0.4 is 15.8 Å². The van der Waals surface area contributed by atoms with Gasteiger partial charge in [-0.15, -0.1) is 0 Å². The molecule has 23 heavy (non-hydrogen) atoms. The van der Waals surface area contributed by atoms with E-state index in [0.29, 0.717) is 18.0 Å². The van der Waals surface area contributed by atoms with Crippen molar-refractivity contribution in [1.29, 1.82) is 5.26 Å². The first-order valence-electron chi connectivity index (χ1n) is 7.09. The second-order valence-electron chi connectivity index (χ2n) is 5.36. The number of carbonyl (C=O) groups excluding carboxylic acids is 1. The molecule has 0 aromatic heterocycles. The van der Waals surface area contributed by atoms with E-state index < -0.39 is 11.7 Å². The number of fused-ring (bicyclic) bond motifs is 1. The van der Waals surface area contributed by atoms with E-state index in [4.69, 9.17) is 15.7 Å². The topological polar surface area (TPSA) is 88.1 Å². The smallest absolute Gasteiger partial charge is 0.255 e. The van der Waals surface area contributed by atoms with Crippen molar-refractivity contribution in [3.05, 3.63) is 58.9 Å². The Hall–Kier alpha value is -2.91. The minimum Gasteiger partial charge on any atom is -0.492 e. The van der Waals surface area contributed by atoms with Gasteiger partial charge in [-0.1, -0.05) is 6.07 Å². The van der Waals surface area contributed by atoms with Gasteiger partial charge in [-0.2, -0.15) is 5.26 Å². The number of nitrogens with zero attached hydrogens (tertiary/aromatic N) is 1. The SMILES string of the molecule is N#Cc1ccc(C(=O)Nc2ccc3c(c2)OC[C@H](N)C3)cc1F. The predicted octanol–water partition coefficient (Wildman–Crippen LogP) is 2.21. The van der Waals surface area contributed by atoms with E-state index in [1.54, 1.807) is 18.2 Å². The van der Waals surface area contributed by atoms with Crippen LogP contribution in [0.1, 0.15) is 21.5 Å². The third-order valence-corrected chi connectivity index (χ3v) is 3.61. The van der Waals surface area contributed by atoms with E-state index in [1.165, 1.54) is 12.1 Å². The number of nitriles is 1. The number of benzene rings is 2. The first-order valence-corrected chi connectivity index (χ1v) is 7.09. The average molecular weight is 311 g/mol. The molecule has 0 unspecified atom stereocenters. The van der Waals surface area contributed by atoms with Crippen LogP contribution in [0.4, 0.5) is 10.1 Å². The second kappa shape index (κ2) is 6.07. The van der Waals surface area contributed by atoms with Gasteiger partial charge in [0.05, 0.1) is 5.56 Å². The Labute approximate surface area is 132 Å². The molecule has 2 aromatic carbocycles. The molecule has 3 rings (SSSR count). The molecule has 1 aliphatic rings. The van der Waals surface area contributed by atoms with E-state index in [0.717, 1.165) is 18.1 Å². The molecule has 5 nitrogen and oxygen atoms in total. The molecule has 0 aliphatic carbocycles. The first-order chi connectivity index (χ1) is 11.1. The van der Waals surface area contributed by atoms with Crippen LogP contribution in [0.5, 0.6) is 5.75 Å². The Morgan fingerprint density at radius 1 is 1.35 bits per heavy atom. The third kappa shape index (κ3) is 3.15. The minimum atomic E-state index is -0.720. The van der Waals surface area contributed by atoms with Gasteiger partial charge in [0, 0.05) is 23.4 Å². The summed E-state index contributed by atoms with van der Waals surface area (Å²) in [6, 6.07) is 10.7. The molecule has 6 heteroatoms. The maximum absolute atomic E-state index is 13.6. The van der Waals surface area contributed by atoms with Crippen molar-refractivity contribution in [2.45, 2.75) is 12.5 Å². The minimum absolute atomic E-state index is 0.0236. The van der Waals surface area contributed by atoms with Crippen molar-refractivity contribution >= 4 is 11.6 Å². The van der Waals surface area contributed by atoms with Gasteiger partial charge >= 0.3 is 0 Å². The highest BCUT2D eigenvalue weighted by molar-refractivity contribution is 6.04. The number of nitrogens with one attached hydrogen (secondary N) is 1. The van der Waals surface area contributed by atoms with E-state index in [9.17, 15) is 9.18 Å². The summed E-state index contributed by atoms with van der Waals surface area (Å²) in [5.74, 6) is -0.487. The largest absolute Gasteiger partial charge is 0.492 e. The maximum Gasteiger partial charge on any atom is 0.255 e. The van der Waals surface area contributed by atoms with E-state index in [1.807, 2.05) is 6.07 Å². The molecule has 0 radical (unpaired) electrons.